The Kier molecular flexibility index (Phi) is 34.6. The number of halogens is 1. The minimum Gasteiger partial charge on any atom is -0.252 e. The van der Waals surface area contributed by atoms with Crippen molar-refractivity contribution in [2.75, 3.05) is 39.6 Å². The molecule has 0 radical (unpaired) electrons. The maximum Gasteiger partial charge on any atom is 0.123 e. The van der Waals surface area contributed by atoms with Crippen molar-refractivity contribution in [2.45, 2.75) is 270 Å². The fourth-order valence-corrected chi connectivity index (χ4v) is 9.42. The Morgan fingerprint density at radius 1 is 0.253 bits per heavy atom. The lowest BCUT2D eigenvalue weighted by Crippen LogP contribution is -2.24. The molecule has 3 rings (SSSR count). The zero-order chi connectivity index (χ0) is 57.9. The van der Waals surface area contributed by atoms with Gasteiger partial charge in [0.15, 0.2) is 0 Å². The summed E-state index contributed by atoms with van der Waals surface area (Å²) in [5.41, 5.74) is 3.68. The van der Waals surface area contributed by atoms with Crippen molar-refractivity contribution < 1.29 is 59.0 Å². The second-order valence-electron chi connectivity index (χ2n) is 24.6. The molecule has 13 heteroatoms. The van der Waals surface area contributed by atoms with Gasteiger partial charge in [0, 0.05) is 4.32 Å². The summed E-state index contributed by atoms with van der Waals surface area (Å²) in [6.07, 6.45) is 27.1. The lowest BCUT2D eigenvalue weighted by Gasteiger charge is -2.27. The molecule has 0 bridgehead atoms. The van der Waals surface area contributed by atoms with Crippen molar-refractivity contribution >= 4 is 15.9 Å². The predicted molar refractivity (Wildman–Crippen MR) is 321 cm³/mol. The van der Waals surface area contributed by atoms with Crippen LogP contribution in [-0.4, -0.2) is 44.9 Å². The lowest BCUT2D eigenvalue weighted by atomic mass is 9.92. The fourth-order valence-electron chi connectivity index (χ4n) is 9.15. The monoisotopic (exact) mass is 1170 g/mol. The van der Waals surface area contributed by atoms with Gasteiger partial charge in [-0.05, 0) is 155 Å². The summed E-state index contributed by atoms with van der Waals surface area (Å²) in [5, 5.41) is 8.39. The summed E-state index contributed by atoms with van der Waals surface area (Å²) in [6, 6.07) is 25.2. The van der Waals surface area contributed by atoms with Crippen LogP contribution < -0.4 is 0 Å². The largest absolute Gasteiger partial charge is 0.252 e. The maximum atomic E-state index is 8.39. The number of hydrogen-bond donors (Lipinski definition) is 1. The van der Waals surface area contributed by atoms with E-state index in [2.05, 4.69) is 107 Å². The molecule has 0 spiro atoms. The van der Waals surface area contributed by atoms with E-state index < -0.39 is 28.0 Å². The molecule has 12 nitrogen and oxygen atoms in total. The highest BCUT2D eigenvalue weighted by molar-refractivity contribution is 9.09. The first-order chi connectivity index (χ1) is 37.6. The van der Waals surface area contributed by atoms with Gasteiger partial charge in [-0.15, -0.1) is 0 Å². The highest BCUT2D eigenvalue weighted by atomic mass is 79.9. The first kappa shape index (κ1) is 70.9. The molecular formula is C66H109BrO12. The van der Waals surface area contributed by atoms with Crippen LogP contribution in [0.5, 0.6) is 0 Å². The van der Waals surface area contributed by atoms with E-state index in [9.17, 15) is 0 Å². The van der Waals surface area contributed by atoms with Crippen LogP contribution in [0.3, 0.4) is 0 Å². The van der Waals surface area contributed by atoms with E-state index in [1.165, 1.54) is 82.6 Å². The first-order valence-electron chi connectivity index (χ1n) is 30.4. The van der Waals surface area contributed by atoms with E-state index in [0.29, 0.717) is 39.6 Å². The van der Waals surface area contributed by atoms with E-state index in [1.807, 2.05) is 69.2 Å². The van der Waals surface area contributed by atoms with E-state index in [-0.39, 0.29) is 4.32 Å². The van der Waals surface area contributed by atoms with Gasteiger partial charge in [0.05, 0.1) is 39.6 Å². The highest BCUT2D eigenvalue weighted by Gasteiger charge is 2.29. The molecule has 0 saturated heterocycles. The van der Waals surface area contributed by atoms with E-state index in [4.69, 9.17) is 54.1 Å². The molecule has 0 atom stereocenters. The number of unbranched alkanes of at least 4 members (excludes halogenated alkanes) is 21. The van der Waals surface area contributed by atoms with Gasteiger partial charge < -0.3 is 0 Å². The van der Waals surface area contributed by atoms with Gasteiger partial charge in [-0.3, -0.25) is 5.26 Å². The summed E-state index contributed by atoms with van der Waals surface area (Å²) in [6.45, 7) is 28.0. The summed E-state index contributed by atoms with van der Waals surface area (Å²) in [4.78, 5) is 61.8. The minimum atomic E-state index is -0.584. The van der Waals surface area contributed by atoms with Crippen LogP contribution in [0.1, 0.15) is 271 Å². The van der Waals surface area contributed by atoms with E-state index in [0.717, 1.165) is 105 Å². The molecule has 0 aliphatic carbocycles. The zero-order valence-corrected chi connectivity index (χ0v) is 53.0. The van der Waals surface area contributed by atoms with Crippen molar-refractivity contribution in [1.29, 1.82) is 0 Å². The molecule has 0 aliphatic rings. The normalized spacial score (nSPS) is 13.0. The second-order valence-corrected chi connectivity index (χ2v) is 26.6. The molecule has 3 aromatic rings. The van der Waals surface area contributed by atoms with Crippen LogP contribution in [0.25, 0.3) is 0 Å². The molecule has 3 aromatic carbocycles. The van der Waals surface area contributed by atoms with E-state index in [1.54, 1.807) is 0 Å². The molecule has 452 valence electrons. The lowest BCUT2D eigenvalue weighted by molar-refractivity contribution is -0.359. The molecule has 1 N–H and O–H groups in total. The SMILES string of the molecule is CC(C)(Br)c1ccc(C(C)(C)OOCCCCCCCCCCOOC(C)(C)c2ccc(C(C)(C)OOCCCCCCCCCCOOC(C)(C)c3ccc(C(C)(C)OOCCCCCCCCCCOO)cc3)cc2)cc1. The molecular weight excluding hydrogens is 1060 g/mol. The van der Waals surface area contributed by atoms with Gasteiger partial charge in [0.25, 0.3) is 0 Å². The van der Waals surface area contributed by atoms with Gasteiger partial charge in [-0.1, -0.05) is 204 Å². The Morgan fingerprint density at radius 2 is 0.405 bits per heavy atom. The van der Waals surface area contributed by atoms with E-state index >= 15 is 0 Å². The van der Waals surface area contributed by atoms with Crippen LogP contribution in [0, 0.1) is 0 Å². The van der Waals surface area contributed by atoms with Crippen LogP contribution in [0.15, 0.2) is 72.8 Å². The second kappa shape index (κ2) is 38.5. The Hall–Kier alpha value is -2.34. The average Bonchev–Trinajstić information content (AvgIpc) is 3.42. The number of hydrogen-bond acceptors (Lipinski definition) is 12. The third-order valence-corrected chi connectivity index (χ3v) is 15.2. The summed E-state index contributed by atoms with van der Waals surface area (Å²) in [7, 11) is 0. The molecule has 0 aromatic heterocycles. The molecule has 0 amide bonds. The van der Waals surface area contributed by atoms with Crippen LogP contribution in [0.2, 0.25) is 0 Å². The van der Waals surface area contributed by atoms with Crippen molar-refractivity contribution in [2.24, 2.45) is 0 Å². The quantitative estimate of drug-likeness (QED) is 0.0251. The van der Waals surface area contributed by atoms with Gasteiger partial charge in [-0.2, -0.15) is 0 Å². The number of alkyl halides is 1. The number of rotatable bonds is 49. The summed E-state index contributed by atoms with van der Waals surface area (Å²) < 4.78 is -0.0523. The summed E-state index contributed by atoms with van der Waals surface area (Å²) >= 11 is 3.73. The van der Waals surface area contributed by atoms with Gasteiger partial charge in [0.1, 0.15) is 28.0 Å². The van der Waals surface area contributed by atoms with Crippen LogP contribution >= 0.6 is 15.9 Å². The molecule has 0 unspecified atom stereocenters. The fraction of sp³-hybridized carbons (Fsp3) is 0.727. The zero-order valence-electron chi connectivity index (χ0n) is 51.5. The van der Waals surface area contributed by atoms with Gasteiger partial charge in [0.2, 0.25) is 0 Å². The van der Waals surface area contributed by atoms with Crippen molar-refractivity contribution in [3.8, 4) is 0 Å². The highest BCUT2D eigenvalue weighted by Crippen LogP contribution is 2.34. The molecule has 0 aliphatic heterocycles. The Labute approximate surface area is 488 Å². The van der Waals surface area contributed by atoms with Gasteiger partial charge >= 0.3 is 0 Å². The van der Waals surface area contributed by atoms with Crippen LogP contribution in [0.4, 0.5) is 0 Å². The van der Waals surface area contributed by atoms with Crippen molar-refractivity contribution in [3.05, 3.63) is 106 Å². The summed E-state index contributed by atoms with van der Waals surface area (Å²) in [5.74, 6) is 0. The predicted octanol–water partition coefficient (Wildman–Crippen LogP) is 19.5. The van der Waals surface area contributed by atoms with Crippen LogP contribution in [-0.2, 0) is 86.1 Å². The Morgan fingerprint density at radius 3 is 0.570 bits per heavy atom. The minimum absolute atomic E-state index is 0.0523. The molecule has 0 heterocycles. The smallest absolute Gasteiger partial charge is 0.123 e. The average molecular weight is 1170 g/mol. The van der Waals surface area contributed by atoms with Crippen molar-refractivity contribution in [3.63, 3.8) is 0 Å². The topological polar surface area (TPSA) is 122 Å². The third kappa shape index (κ3) is 30.2. The molecule has 79 heavy (non-hydrogen) atoms. The standard InChI is InChI=1S/C66H109BrO12/c1-61(2,67)55-37-39-56(40-38-55)62(3,4)75-70-50-33-27-21-15-16-22-28-34-52-72-78-65(9,10)59-45-47-60(48-46-59)66(11,12)79-74-54-36-30-24-18-17-23-29-35-53-73-77-64(7,8)58-43-41-57(42-44-58)63(5,6)76-71-51-32-26-20-14-13-19-25-31-49-69-68/h37-48,68H,13-36,49-54H2,1-12H3. The third-order valence-electron chi connectivity index (χ3n) is 14.8. The number of benzene rings is 3. The molecule has 0 saturated carbocycles. The Balaban J connectivity index is 1.12. The van der Waals surface area contributed by atoms with Gasteiger partial charge in [-0.25, -0.2) is 53.8 Å². The molecule has 0 fully saturated rings. The van der Waals surface area contributed by atoms with Crippen molar-refractivity contribution in [1.82, 2.24) is 0 Å². The Bertz CT molecular complexity index is 1960. The maximum absolute atomic E-state index is 8.39. The first-order valence-corrected chi connectivity index (χ1v) is 31.2.